The number of nitriles is 1. The molecule has 2 saturated heterocycles. The van der Waals surface area contributed by atoms with Gasteiger partial charge in [0, 0.05) is 35.8 Å². The molecule has 2 N–H and O–H groups in total. The number of rotatable bonds is 5. The zero-order chi connectivity index (χ0) is 29.6. The molecule has 9 nitrogen and oxygen atoms in total. The van der Waals surface area contributed by atoms with E-state index in [2.05, 4.69) is 21.4 Å². The van der Waals surface area contributed by atoms with Crippen LogP contribution < -0.4 is 5.32 Å². The predicted octanol–water partition coefficient (Wildman–Crippen LogP) is 4.37. The summed E-state index contributed by atoms with van der Waals surface area (Å²) in [7, 11) is 0. The van der Waals surface area contributed by atoms with E-state index < -0.39 is 11.5 Å². The molecule has 9 heteroatoms. The number of aromatic amines is 1. The summed E-state index contributed by atoms with van der Waals surface area (Å²) < 4.78 is 0. The molecule has 2 aromatic carbocycles. The first-order chi connectivity index (χ1) is 20.1. The van der Waals surface area contributed by atoms with Gasteiger partial charge in [0.25, 0.3) is 11.8 Å². The maximum Gasteiger partial charge on any atom is 0.272 e. The molecule has 0 unspecified atom stereocenters. The fraction of sp³-hybridized carbons (Fsp3) is 0.303. The second-order valence-electron chi connectivity index (χ2n) is 12.2. The lowest BCUT2D eigenvalue weighted by molar-refractivity contribution is -0.138. The molecule has 0 aliphatic carbocycles. The Balaban J connectivity index is 1.13. The Bertz CT molecular complexity index is 1700. The van der Waals surface area contributed by atoms with Crippen molar-refractivity contribution in [3.8, 4) is 17.2 Å². The summed E-state index contributed by atoms with van der Waals surface area (Å²) in [5, 5.41) is 13.1. The third-order valence-electron chi connectivity index (χ3n) is 8.26. The monoisotopic (exact) mass is 560 g/mol. The number of fused-ring (bicyclic) bond motifs is 3. The smallest absolute Gasteiger partial charge is 0.272 e. The lowest BCUT2D eigenvalue weighted by Crippen LogP contribution is -2.59. The van der Waals surface area contributed by atoms with E-state index in [0.29, 0.717) is 36.5 Å². The van der Waals surface area contributed by atoms with Gasteiger partial charge in [0.15, 0.2) is 0 Å². The van der Waals surface area contributed by atoms with Gasteiger partial charge >= 0.3 is 0 Å². The zero-order valence-corrected chi connectivity index (χ0v) is 23.8. The van der Waals surface area contributed by atoms with Crippen LogP contribution in [0.1, 0.15) is 53.7 Å². The first kappa shape index (κ1) is 27.2. The minimum absolute atomic E-state index is 0.106. The van der Waals surface area contributed by atoms with Crippen molar-refractivity contribution in [3.05, 3.63) is 89.9 Å². The van der Waals surface area contributed by atoms with E-state index in [9.17, 15) is 19.6 Å². The third kappa shape index (κ3) is 5.00. The topological polar surface area (TPSA) is 122 Å². The molecule has 42 heavy (non-hydrogen) atoms. The predicted molar refractivity (Wildman–Crippen MR) is 158 cm³/mol. The summed E-state index contributed by atoms with van der Waals surface area (Å²) >= 11 is 0. The summed E-state index contributed by atoms with van der Waals surface area (Å²) in [6, 6.07) is 21.4. The Labute approximate surface area is 244 Å². The fourth-order valence-corrected chi connectivity index (χ4v) is 6.01. The molecule has 3 amide bonds. The number of amides is 3. The summed E-state index contributed by atoms with van der Waals surface area (Å²) in [6.07, 6.45) is 2.35. The van der Waals surface area contributed by atoms with Crippen LogP contribution in [-0.2, 0) is 4.79 Å². The highest BCUT2D eigenvalue weighted by Gasteiger charge is 2.50. The molecule has 6 rings (SSSR count). The van der Waals surface area contributed by atoms with E-state index in [1.807, 2.05) is 73.0 Å². The number of carbonyl (C=O) groups excluding carboxylic acids is 3. The van der Waals surface area contributed by atoms with Crippen molar-refractivity contribution in [2.75, 3.05) is 13.1 Å². The maximum atomic E-state index is 13.9. The van der Waals surface area contributed by atoms with E-state index in [0.717, 1.165) is 22.0 Å². The zero-order valence-electron chi connectivity index (χ0n) is 23.8. The van der Waals surface area contributed by atoms with Crippen LogP contribution in [0, 0.1) is 16.7 Å². The quantitative estimate of drug-likeness (QED) is 0.375. The van der Waals surface area contributed by atoms with Crippen molar-refractivity contribution in [2.45, 2.75) is 45.3 Å². The van der Waals surface area contributed by atoms with Crippen molar-refractivity contribution < 1.29 is 14.4 Å². The van der Waals surface area contributed by atoms with Crippen LogP contribution in [0.2, 0.25) is 0 Å². The third-order valence-corrected chi connectivity index (χ3v) is 8.26. The van der Waals surface area contributed by atoms with Gasteiger partial charge in [-0.05, 0) is 47.7 Å². The number of benzene rings is 2. The van der Waals surface area contributed by atoms with Crippen LogP contribution in [0.4, 0.5) is 0 Å². The van der Waals surface area contributed by atoms with Gasteiger partial charge in [-0.15, -0.1) is 0 Å². The molecule has 4 heterocycles. The number of likely N-dealkylation sites (tertiary alicyclic amines) is 2. The summed E-state index contributed by atoms with van der Waals surface area (Å²) in [5.74, 6) is -0.616. The molecule has 0 radical (unpaired) electrons. The molecule has 2 aliphatic heterocycles. The summed E-state index contributed by atoms with van der Waals surface area (Å²) in [4.78, 5) is 51.6. The average Bonchev–Trinajstić information content (AvgIpc) is 3.73. The Hall–Kier alpha value is -4.97. The second-order valence-corrected chi connectivity index (χ2v) is 12.2. The molecular weight excluding hydrogens is 528 g/mol. The Morgan fingerprint density at radius 3 is 2.40 bits per heavy atom. The highest BCUT2D eigenvalue weighted by molar-refractivity contribution is 6.00. The van der Waals surface area contributed by atoms with Crippen molar-refractivity contribution >= 4 is 28.6 Å². The van der Waals surface area contributed by atoms with Crippen LogP contribution >= 0.6 is 0 Å². The molecule has 2 fully saturated rings. The number of H-pyrrole nitrogens is 1. The molecular formula is C33H32N6O3. The molecule has 2 bridgehead atoms. The minimum Gasteiger partial charge on any atom is -0.351 e. The lowest BCUT2D eigenvalue weighted by atomic mass is 9.85. The number of piperazine rings is 1. The molecule has 0 spiro atoms. The highest BCUT2D eigenvalue weighted by atomic mass is 16.2. The largest absolute Gasteiger partial charge is 0.351 e. The van der Waals surface area contributed by atoms with Gasteiger partial charge < -0.3 is 20.1 Å². The van der Waals surface area contributed by atoms with Gasteiger partial charge in [-0.1, -0.05) is 57.2 Å². The van der Waals surface area contributed by atoms with Gasteiger partial charge in [0.05, 0.1) is 23.7 Å². The number of carbonyl (C=O) groups is 3. The van der Waals surface area contributed by atoms with Gasteiger partial charge in [0.2, 0.25) is 5.91 Å². The Kier molecular flexibility index (Phi) is 6.77. The van der Waals surface area contributed by atoms with Gasteiger partial charge in [0.1, 0.15) is 17.4 Å². The van der Waals surface area contributed by atoms with E-state index in [-0.39, 0.29) is 29.8 Å². The Morgan fingerprint density at radius 2 is 1.74 bits per heavy atom. The first-order valence-electron chi connectivity index (χ1n) is 14.1. The van der Waals surface area contributed by atoms with Crippen LogP contribution in [-0.4, -0.2) is 68.7 Å². The summed E-state index contributed by atoms with van der Waals surface area (Å²) in [6.45, 7) is 6.67. The number of pyridine rings is 1. The first-order valence-corrected chi connectivity index (χ1v) is 14.1. The normalized spacial score (nSPS) is 18.6. The Morgan fingerprint density at radius 1 is 0.976 bits per heavy atom. The highest BCUT2D eigenvalue weighted by Crippen LogP contribution is 2.34. The average molecular weight is 561 g/mol. The van der Waals surface area contributed by atoms with Gasteiger partial charge in [-0.25, -0.2) is 0 Å². The van der Waals surface area contributed by atoms with E-state index >= 15 is 0 Å². The van der Waals surface area contributed by atoms with Crippen molar-refractivity contribution in [3.63, 3.8) is 0 Å². The number of hydrogen-bond acceptors (Lipinski definition) is 5. The van der Waals surface area contributed by atoms with Crippen LogP contribution in [0.25, 0.3) is 22.0 Å². The number of nitrogens with zero attached hydrogens (tertiary/aromatic N) is 4. The molecule has 4 aromatic rings. The minimum atomic E-state index is -0.728. The maximum absolute atomic E-state index is 13.9. The van der Waals surface area contributed by atoms with Crippen LogP contribution in [0.15, 0.2) is 72.9 Å². The molecule has 0 saturated carbocycles. The van der Waals surface area contributed by atoms with Crippen LogP contribution in [0.5, 0.6) is 0 Å². The SMILES string of the molecule is CC(C)(C)[C@H](NC(=O)c1cc2ccccc2[nH]1)C(=O)N1C[C@@H]2C[C@H]1CN2C(=O)c1ccc(-c2cccc(C#N)c2)cn1. The fourth-order valence-electron chi connectivity index (χ4n) is 6.01. The van der Waals surface area contributed by atoms with Crippen molar-refractivity contribution in [1.82, 2.24) is 25.1 Å². The van der Waals surface area contributed by atoms with Crippen LogP contribution in [0.3, 0.4) is 0 Å². The van der Waals surface area contributed by atoms with E-state index in [1.165, 1.54) is 0 Å². The number of aromatic nitrogens is 2. The van der Waals surface area contributed by atoms with Gasteiger partial charge in [-0.3, -0.25) is 19.4 Å². The number of para-hydroxylation sites is 1. The van der Waals surface area contributed by atoms with E-state index in [4.69, 9.17) is 0 Å². The second kappa shape index (κ2) is 10.5. The number of nitrogens with one attached hydrogen (secondary N) is 2. The van der Waals surface area contributed by atoms with E-state index in [1.54, 1.807) is 30.5 Å². The van der Waals surface area contributed by atoms with Gasteiger partial charge in [-0.2, -0.15) is 5.26 Å². The molecule has 2 aromatic heterocycles. The number of hydrogen-bond donors (Lipinski definition) is 2. The lowest BCUT2D eigenvalue weighted by Gasteiger charge is -2.39. The molecule has 2 aliphatic rings. The molecule has 212 valence electrons. The standard InChI is InChI=1S/C33H32N6O3/c1-33(2,3)29(37-30(40)28-14-22-8-4-5-10-26(22)36-28)32(42)39-19-24-15-25(39)18-38(24)31(41)27-12-11-23(17-35-27)21-9-6-7-20(13-21)16-34/h4-14,17,24-25,29,36H,15,18-19H2,1-3H3,(H,37,40)/t24-,25-,29+/m0/s1. The molecule has 3 atom stereocenters. The van der Waals surface area contributed by atoms with Crippen molar-refractivity contribution in [1.29, 1.82) is 5.26 Å². The summed E-state index contributed by atoms with van der Waals surface area (Å²) in [5.41, 5.74) is 3.35. The van der Waals surface area contributed by atoms with Crippen molar-refractivity contribution in [2.24, 2.45) is 5.41 Å².